The fourth-order valence-corrected chi connectivity index (χ4v) is 3.16. The maximum absolute atomic E-state index is 12.1. The number of aliphatic hydroxyl groups excluding tert-OH is 2. The number of ether oxygens (including phenoxy) is 1. The molecule has 0 aromatic heterocycles. The predicted molar refractivity (Wildman–Crippen MR) is 96.8 cm³/mol. The molecular formula is C20H34O4. The molecule has 138 valence electrons. The Morgan fingerprint density at radius 1 is 1.46 bits per heavy atom. The number of hydrogen-bond donors (Lipinski definition) is 2. The van der Waals surface area contributed by atoms with E-state index in [2.05, 4.69) is 0 Å². The van der Waals surface area contributed by atoms with Crippen LogP contribution in [0.5, 0.6) is 0 Å². The van der Waals surface area contributed by atoms with Crippen LogP contribution in [0.2, 0.25) is 0 Å². The van der Waals surface area contributed by atoms with Crippen molar-refractivity contribution in [2.75, 3.05) is 13.2 Å². The summed E-state index contributed by atoms with van der Waals surface area (Å²) in [6, 6.07) is 0. The minimum Gasteiger partial charge on any atom is -0.392 e. The van der Waals surface area contributed by atoms with Gasteiger partial charge in [0.15, 0.2) is 0 Å². The van der Waals surface area contributed by atoms with Crippen molar-refractivity contribution in [1.29, 1.82) is 0 Å². The Hall–Kier alpha value is -0.970. The van der Waals surface area contributed by atoms with Crippen LogP contribution in [-0.2, 0) is 9.53 Å². The Bertz CT molecular complexity index is 462. The van der Waals surface area contributed by atoms with Gasteiger partial charge in [-0.2, -0.15) is 0 Å². The molecule has 1 rings (SSSR count). The highest BCUT2D eigenvalue weighted by Crippen LogP contribution is 2.33. The predicted octanol–water partition coefficient (Wildman–Crippen LogP) is 3.57. The molecule has 4 heteroatoms. The fraction of sp³-hybridized carbons (Fsp3) is 0.750. The van der Waals surface area contributed by atoms with Gasteiger partial charge in [-0.3, -0.25) is 4.79 Å². The summed E-state index contributed by atoms with van der Waals surface area (Å²) in [5.74, 6) is 0.295. The minimum absolute atomic E-state index is 0.0274. The summed E-state index contributed by atoms with van der Waals surface area (Å²) in [4.78, 5) is 12.1. The lowest BCUT2D eigenvalue weighted by molar-refractivity contribution is -0.122. The van der Waals surface area contributed by atoms with E-state index in [1.807, 2.05) is 33.8 Å². The number of carbonyl (C=O) groups is 1. The van der Waals surface area contributed by atoms with Crippen molar-refractivity contribution in [3.63, 3.8) is 0 Å². The first kappa shape index (κ1) is 21.1. The molecule has 0 aliphatic carbocycles. The van der Waals surface area contributed by atoms with Crippen molar-refractivity contribution >= 4 is 5.78 Å². The molecule has 0 radical (unpaired) electrons. The number of ketones is 1. The van der Waals surface area contributed by atoms with Crippen LogP contribution in [0, 0.1) is 5.92 Å². The molecule has 1 unspecified atom stereocenters. The van der Waals surface area contributed by atoms with Crippen LogP contribution >= 0.6 is 0 Å². The van der Waals surface area contributed by atoms with Gasteiger partial charge >= 0.3 is 0 Å². The van der Waals surface area contributed by atoms with Gasteiger partial charge in [0.25, 0.3) is 0 Å². The third-order valence-corrected chi connectivity index (χ3v) is 4.90. The number of carbonyl (C=O) groups excluding carboxylic acids is 1. The van der Waals surface area contributed by atoms with Crippen LogP contribution in [0.1, 0.15) is 66.2 Å². The van der Waals surface area contributed by atoms with E-state index in [1.165, 1.54) is 5.57 Å². The third-order valence-electron chi connectivity index (χ3n) is 4.90. The van der Waals surface area contributed by atoms with Gasteiger partial charge in [0.05, 0.1) is 12.2 Å². The summed E-state index contributed by atoms with van der Waals surface area (Å²) in [6.45, 7) is 8.47. The number of hydrogen-bond acceptors (Lipinski definition) is 4. The zero-order chi connectivity index (χ0) is 18.2. The molecule has 0 saturated carbocycles. The number of aliphatic hydroxyl groups is 2. The van der Waals surface area contributed by atoms with Crippen molar-refractivity contribution in [2.24, 2.45) is 5.92 Å². The van der Waals surface area contributed by atoms with E-state index in [-0.39, 0.29) is 18.3 Å². The van der Waals surface area contributed by atoms with Crippen LogP contribution in [0.15, 0.2) is 23.3 Å². The molecule has 0 aromatic rings. The number of allylic oxidation sites excluding steroid dienone is 2. The smallest absolute Gasteiger partial charge is 0.139 e. The first-order chi connectivity index (χ1) is 11.3. The van der Waals surface area contributed by atoms with Crippen molar-refractivity contribution < 1.29 is 19.7 Å². The van der Waals surface area contributed by atoms with E-state index >= 15 is 0 Å². The van der Waals surface area contributed by atoms with Gasteiger partial charge in [-0.05, 0) is 58.4 Å². The average Bonchev–Trinajstić information content (AvgIpc) is 2.66. The van der Waals surface area contributed by atoms with Crippen LogP contribution in [-0.4, -0.2) is 40.9 Å². The largest absolute Gasteiger partial charge is 0.392 e. The second kappa shape index (κ2) is 10.1. The van der Waals surface area contributed by atoms with E-state index in [9.17, 15) is 9.90 Å². The maximum atomic E-state index is 12.1. The lowest BCUT2D eigenvalue weighted by Crippen LogP contribution is -2.42. The second-order valence-corrected chi connectivity index (χ2v) is 7.37. The van der Waals surface area contributed by atoms with Crippen molar-refractivity contribution in [3.8, 4) is 0 Å². The standard InChI is InChI=1S/C20H34O4/c1-15(2)9-10-18(22)16(3)7-5-12-20(4)19(23)17(11-13-21)8-6-14-24-20/h9,11,16,19,21,23H,5-8,10,12-14H2,1-4H3/t16?,19-,20+/m1/s1. The normalized spacial score (nSPS) is 27.6. The number of Topliss-reactive ketones (excluding diaryl/α,β-unsaturated/α-hetero) is 1. The highest BCUT2D eigenvalue weighted by atomic mass is 16.5. The molecule has 1 aliphatic rings. The maximum Gasteiger partial charge on any atom is 0.139 e. The van der Waals surface area contributed by atoms with E-state index in [1.54, 1.807) is 6.08 Å². The first-order valence-electron chi connectivity index (χ1n) is 9.08. The summed E-state index contributed by atoms with van der Waals surface area (Å²) < 4.78 is 5.93. The Labute approximate surface area is 146 Å². The van der Waals surface area contributed by atoms with Crippen molar-refractivity contribution in [2.45, 2.75) is 77.9 Å². The van der Waals surface area contributed by atoms with Gasteiger partial charge in [0.1, 0.15) is 11.9 Å². The SMILES string of the molecule is CC(C)=CCC(=O)C(C)CCC[C@]1(C)OCCCC(=CCO)[C@H]1O. The fourth-order valence-electron chi connectivity index (χ4n) is 3.16. The highest BCUT2D eigenvalue weighted by Gasteiger charge is 2.37. The monoisotopic (exact) mass is 338 g/mol. The molecule has 0 amide bonds. The molecule has 0 bridgehead atoms. The van der Waals surface area contributed by atoms with E-state index < -0.39 is 11.7 Å². The molecule has 1 heterocycles. The molecule has 3 atom stereocenters. The molecule has 2 N–H and O–H groups in total. The van der Waals surface area contributed by atoms with Gasteiger partial charge in [0, 0.05) is 18.9 Å². The summed E-state index contributed by atoms with van der Waals surface area (Å²) in [6.07, 6.45) is 7.45. The minimum atomic E-state index is -0.691. The van der Waals surface area contributed by atoms with Gasteiger partial charge in [-0.25, -0.2) is 0 Å². The lowest BCUT2D eigenvalue weighted by atomic mass is 9.85. The van der Waals surface area contributed by atoms with Crippen molar-refractivity contribution in [1.82, 2.24) is 0 Å². The van der Waals surface area contributed by atoms with Gasteiger partial charge in [0.2, 0.25) is 0 Å². The van der Waals surface area contributed by atoms with Gasteiger partial charge in [-0.1, -0.05) is 24.6 Å². The molecule has 4 nitrogen and oxygen atoms in total. The van der Waals surface area contributed by atoms with Gasteiger partial charge < -0.3 is 14.9 Å². The Morgan fingerprint density at radius 3 is 2.79 bits per heavy atom. The zero-order valence-corrected chi connectivity index (χ0v) is 15.7. The van der Waals surface area contributed by atoms with Crippen LogP contribution < -0.4 is 0 Å². The van der Waals surface area contributed by atoms with E-state index in [0.29, 0.717) is 19.4 Å². The second-order valence-electron chi connectivity index (χ2n) is 7.37. The van der Waals surface area contributed by atoms with Crippen molar-refractivity contribution in [3.05, 3.63) is 23.3 Å². The summed E-state index contributed by atoms with van der Waals surface area (Å²) in [7, 11) is 0. The molecule has 24 heavy (non-hydrogen) atoms. The van der Waals surface area contributed by atoms with Crippen LogP contribution in [0.3, 0.4) is 0 Å². The summed E-state index contributed by atoms with van der Waals surface area (Å²) in [5.41, 5.74) is 1.40. The van der Waals surface area contributed by atoms with Crippen LogP contribution in [0.4, 0.5) is 0 Å². The zero-order valence-electron chi connectivity index (χ0n) is 15.7. The topological polar surface area (TPSA) is 66.8 Å². The molecule has 1 saturated heterocycles. The van der Waals surface area contributed by atoms with E-state index in [4.69, 9.17) is 9.84 Å². The summed E-state index contributed by atoms with van der Waals surface area (Å²) in [5, 5.41) is 19.8. The quantitative estimate of drug-likeness (QED) is 0.664. The highest BCUT2D eigenvalue weighted by molar-refractivity contribution is 5.82. The van der Waals surface area contributed by atoms with Crippen LogP contribution in [0.25, 0.3) is 0 Å². The Balaban J connectivity index is 2.56. The molecule has 0 spiro atoms. The Morgan fingerprint density at radius 2 is 2.17 bits per heavy atom. The lowest BCUT2D eigenvalue weighted by Gasteiger charge is -2.34. The molecule has 1 fully saturated rings. The van der Waals surface area contributed by atoms with Gasteiger partial charge in [-0.15, -0.1) is 0 Å². The van der Waals surface area contributed by atoms with E-state index in [0.717, 1.165) is 31.3 Å². The molecular weight excluding hydrogens is 304 g/mol. The third kappa shape index (κ3) is 6.50. The Kier molecular flexibility index (Phi) is 8.88. The molecule has 1 aliphatic heterocycles. The number of rotatable bonds is 8. The first-order valence-corrected chi connectivity index (χ1v) is 9.08. The molecule has 0 aromatic carbocycles. The summed E-state index contributed by atoms with van der Waals surface area (Å²) >= 11 is 0. The average molecular weight is 338 g/mol.